The molecule has 0 saturated heterocycles. The van der Waals surface area contributed by atoms with E-state index in [0.29, 0.717) is 11.4 Å². The van der Waals surface area contributed by atoms with Gasteiger partial charge in [-0.1, -0.05) is 18.2 Å². The molecule has 7 nitrogen and oxygen atoms in total. The van der Waals surface area contributed by atoms with Crippen LogP contribution in [0.4, 0.5) is 22.7 Å². The SMILES string of the molecule is N[N+](=O)c1ccc(Nc2ccccc2)c([N+](=O)[O-])c1. The fourth-order valence-corrected chi connectivity index (χ4v) is 1.59. The zero-order valence-electron chi connectivity index (χ0n) is 9.82. The second kappa shape index (κ2) is 5.13. The van der Waals surface area contributed by atoms with Crippen molar-refractivity contribution in [2.75, 3.05) is 5.32 Å². The summed E-state index contributed by atoms with van der Waals surface area (Å²) in [5, 5.41) is 13.9. The van der Waals surface area contributed by atoms with Crippen LogP contribution in [0.2, 0.25) is 0 Å². The van der Waals surface area contributed by atoms with Gasteiger partial charge in [-0.2, -0.15) is 5.84 Å². The smallest absolute Gasteiger partial charge is 0.299 e. The van der Waals surface area contributed by atoms with Crippen LogP contribution in [0.5, 0.6) is 0 Å². The number of nitro groups is 1. The van der Waals surface area contributed by atoms with Crippen molar-refractivity contribution < 1.29 is 9.79 Å². The lowest BCUT2D eigenvalue weighted by molar-refractivity contribution is -0.475. The molecule has 0 unspecified atom stereocenters. The number of hydrogen-bond acceptors (Lipinski definition) is 4. The lowest BCUT2D eigenvalue weighted by atomic mass is 10.2. The van der Waals surface area contributed by atoms with Crippen molar-refractivity contribution in [1.29, 1.82) is 0 Å². The largest absolute Gasteiger partial charge is 0.350 e. The van der Waals surface area contributed by atoms with Gasteiger partial charge in [0, 0.05) is 11.8 Å². The lowest BCUT2D eigenvalue weighted by Gasteiger charge is -2.06. The van der Waals surface area contributed by atoms with Crippen LogP contribution in [0, 0.1) is 15.0 Å². The van der Waals surface area contributed by atoms with Gasteiger partial charge in [-0.3, -0.25) is 10.1 Å². The number of hydrazine groups is 1. The summed E-state index contributed by atoms with van der Waals surface area (Å²) in [6.45, 7) is 0. The van der Waals surface area contributed by atoms with Gasteiger partial charge in [-0.15, -0.1) is 0 Å². The highest BCUT2D eigenvalue weighted by atomic mass is 16.6. The Morgan fingerprint density at radius 3 is 2.32 bits per heavy atom. The molecule has 0 aliphatic rings. The molecule has 7 heteroatoms. The highest BCUT2D eigenvalue weighted by molar-refractivity contribution is 5.71. The summed E-state index contributed by atoms with van der Waals surface area (Å²) in [6, 6.07) is 13.0. The number of nitrogens with one attached hydrogen (secondary N) is 1. The van der Waals surface area contributed by atoms with Gasteiger partial charge >= 0.3 is 0 Å². The lowest BCUT2D eigenvalue weighted by Crippen LogP contribution is -2.09. The third-order valence-electron chi connectivity index (χ3n) is 2.49. The van der Waals surface area contributed by atoms with Crippen LogP contribution in [0.15, 0.2) is 48.5 Å². The first-order valence-electron chi connectivity index (χ1n) is 5.40. The molecule has 2 aromatic carbocycles. The van der Waals surface area contributed by atoms with E-state index < -0.39 is 4.92 Å². The molecule has 0 spiro atoms. The Morgan fingerprint density at radius 1 is 1.05 bits per heavy atom. The maximum Gasteiger partial charge on any atom is 0.299 e. The third kappa shape index (κ3) is 2.83. The number of nitrogens with zero attached hydrogens (tertiary/aromatic N) is 2. The van der Waals surface area contributed by atoms with Gasteiger partial charge in [0.25, 0.3) is 11.4 Å². The molecule has 2 rings (SSSR count). The van der Waals surface area contributed by atoms with Crippen LogP contribution in [0.3, 0.4) is 0 Å². The first kappa shape index (κ1) is 12.5. The van der Waals surface area contributed by atoms with Crippen LogP contribution in [0.25, 0.3) is 0 Å². The second-order valence-corrected chi connectivity index (χ2v) is 3.78. The minimum absolute atomic E-state index is 0.0188. The summed E-state index contributed by atoms with van der Waals surface area (Å²) in [6.07, 6.45) is 0. The second-order valence-electron chi connectivity index (χ2n) is 3.78. The van der Waals surface area contributed by atoms with Crippen molar-refractivity contribution >= 4 is 22.7 Å². The van der Waals surface area contributed by atoms with E-state index in [1.807, 2.05) is 18.2 Å². The van der Waals surface area contributed by atoms with E-state index in [2.05, 4.69) is 5.32 Å². The predicted octanol–water partition coefficient (Wildman–Crippen LogP) is 2.62. The van der Waals surface area contributed by atoms with E-state index in [0.717, 1.165) is 6.07 Å². The molecule has 0 aliphatic heterocycles. The molecule has 19 heavy (non-hydrogen) atoms. The minimum Gasteiger partial charge on any atom is -0.350 e. The molecule has 0 fully saturated rings. The highest BCUT2D eigenvalue weighted by Crippen LogP contribution is 2.30. The fourth-order valence-electron chi connectivity index (χ4n) is 1.59. The first-order chi connectivity index (χ1) is 9.08. The Hall–Kier alpha value is -2.96. The Kier molecular flexibility index (Phi) is 3.37. The van der Waals surface area contributed by atoms with Crippen molar-refractivity contribution in [3.63, 3.8) is 0 Å². The number of hydrogen-bond donors (Lipinski definition) is 2. The normalized spacial score (nSPS) is 9.89. The van der Waals surface area contributed by atoms with Crippen molar-refractivity contribution in [3.8, 4) is 0 Å². The zero-order valence-corrected chi connectivity index (χ0v) is 9.82. The monoisotopic (exact) mass is 259 g/mol. The summed E-state index contributed by atoms with van der Waals surface area (Å²) < 4.78 is 0. The molecule has 0 amide bonds. The molecule has 96 valence electrons. The van der Waals surface area contributed by atoms with Crippen molar-refractivity contribution in [1.82, 2.24) is 0 Å². The van der Waals surface area contributed by atoms with Gasteiger partial charge in [0.05, 0.1) is 15.9 Å². The van der Waals surface area contributed by atoms with E-state index in [-0.39, 0.29) is 16.2 Å². The Morgan fingerprint density at radius 2 is 1.74 bits per heavy atom. The summed E-state index contributed by atoms with van der Waals surface area (Å²) in [7, 11) is 0. The third-order valence-corrected chi connectivity index (χ3v) is 2.49. The highest BCUT2D eigenvalue weighted by Gasteiger charge is 2.20. The molecule has 0 heterocycles. The van der Waals surface area contributed by atoms with E-state index in [1.54, 1.807) is 12.1 Å². The quantitative estimate of drug-likeness (QED) is 0.380. The van der Waals surface area contributed by atoms with E-state index in [4.69, 9.17) is 5.84 Å². The van der Waals surface area contributed by atoms with E-state index >= 15 is 0 Å². The maximum atomic E-state index is 11.0. The van der Waals surface area contributed by atoms with Crippen molar-refractivity contribution in [3.05, 3.63) is 63.6 Å². The number of benzene rings is 2. The number of para-hydroxylation sites is 1. The van der Waals surface area contributed by atoms with Gasteiger partial charge in [0.1, 0.15) is 5.69 Å². The standard InChI is InChI=1S/C12H11N4O3/c13-15(17)10-6-7-11(12(8-10)16(18)19)14-9-4-2-1-3-5-9/h1-8,14H,(H2,13,17)/q+1. The number of nitroso groups, excluding NO2 is 1. The number of nitrogens with two attached hydrogens (primary N) is 1. The van der Waals surface area contributed by atoms with Gasteiger partial charge in [0.15, 0.2) is 4.87 Å². The Labute approximate surface area is 108 Å². The molecule has 0 saturated carbocycles. The molecule has 0 aromatic heterocycles. The molecule has 0 aliphatic carbocycles. The summed E-state index contributed by atoms with van der Waals surface area (Å²) >= 11 is 0. The Bertz CT molecular complexity index is 628. The topological polar surface area (TPSA) is 101 Å². The first-order valence-corrected chi connectivity index (χ1v) is 5.40. The van der Waals surface area contributed by atoms with E-state index in [1.165, 1.54) is 12.1 Å². The molecular formula is C12H11N4O3+. The molecule has 0 radical (unpaired) electrons. The molecule has 3 N–H and O–H groups in total. The van der Waals surface area contributed by atoms with Crippen molar-refractivity contribution in [2.45, 2.75) is 0 Å². The van der Waals surface area contributed by atoms with Gasteiger partial charge in [-0.25, -0.2) is 0 Å². The Balaban J connectivity index is 2.40. The molecular weight excluding hydrogens is 248 g/mol. The molecule has 2 aromatic rings. The average molecular weight is 259 g/mol. The molecule has 0 atom stereocenters. The van der Waals surface area contributed by atoms with Gasteiger partial charge in [-0.05, 0) is 18.2 Å². The van der Waals surface area contributed by atoms with Crippen LogP contribution in [-0.4, -0.2) is 9.79 Å². The van der Waals surface area contributed by atoms with Crippen molar-refractivity contribution in [2.24, 2.45) is 5.84 Å². The number of anilines is 2. The number of nitro benzene ring substituents is 1. The summed E-state index contributed by atoms with van der Waals surface area (Å²) in [5.41, 5.74) is 0.810. The zero-order chi connectivity index (χ0) is 13.8. The molecule has 0 bridgehead atoms. The predicted molar refractivity (Wildman–Crippen MR) is 70.3 cm³/mol. The van der Waals surface area contributed by atoms with E-state index in [9.17, 15) is 15.0 Å². The van der Waals surface area contributed by atoms with Crippen LogP contribution >= 0.6 is 0 Å². The minimum atomic E-state index is -0.571. The van der Waals surface area contributed by atoms with Crippen LogP contribution in [0.1, 0.15) is 0 Å². The van der Waals surface area contributed by atoms with Gasteiger partial charge in [0.2, 0.25) is 0 Å². The van der Waals surface area contributed by atoms with Gasteiger partial charge < -0.3 is 5.32 Å². The average Bonchev–Trinajstić information content (AvgIpc) is 2.39. The van der Waals surface area contributed by atoms with Crippen LogP contribution in [-0.2, 0) is 0 Å². The summed E-state index contributed by atoms with van der Waals surface area (Å²) in [4.78, 5) is 21.4. The van der Waals surface area contributed by atoms with Crippen LogP contribution < -0.4 is 11.2 Å². The maximum absolute atomic E-state index is 11.0. The summed E-state index contributed by atoms with van der Waals surface area (Å²) in [5.74, 6) is 5.02. The number of rotatable bonds is 4. The fraction of sp³-hybridized carbons (Fsp3) is 0.